The van der Waals surface area contributed by atoms with E-state index < -0.39 is 0 Å². The van der Waals surface area contributed by atoms with Crippen LogP contribution in [0.2, 0.25) is 10.4 Å². The summed E-state index contributed by atoms with van der Waals surface area (Å²) < 4.78 is 5.06. The summed E-state index contributed by atoms with van der Waals surface area (Å²) >= 11 is 11.4. The Morgan fingerprint density at radius 3 is 2.79 bits per heavy atom. The number of nitrogens with zero attached hydrogens (tertiary/aromatic N) is 3. The molecule has 0 aliphatic rings. The Labute approximate surface area is 89.9 Å². The molecule has 2 aromatic rings. The first-order valence-electron chi connectivity index (χ1n) is 3.80. The van der Waals surface area contributed by atoms with Crippen molar-refractivity contribution in [2.45, 2.75) is 6.42 Å². The number of rotatable bonds is 2. The lowest BCUT2D eigenvalue weighted by molar-refractivity contribution is 0.514. The van der Waals surface area contributed by atoms with Crippen molar-refractivity contribution in [1.29, 1.82) is 0 Å². The number of hydrogen-bond acceptors (Lipinski definition) is 4. The molecule has 0 fully saturated rings. The Balaban J connectivity index is 2.25. The van der Waals surface area contributed by atoms with Gasteiger partial charge < -0.3 is 4.42 Å². The maximum atomic E-state index is 5.85. The lowest BCUT2D eigenvalue weighted by Gasteiger charge is -1.99. The average molecular weight is 230 g/mol. The van der Waals surface area contributed by atoms with Crippen molar-refractivity contribution in [1.82, 2.24) is 15.0 Å². The van der Waals surface area contributed by atoms with Crippen molar-refractivity contribution >= 4 is 23.2 Å². The van der Waals surface area contributed by atoms with Crippen LogP contribution in [0.5, 0.6) is 0 Å². The van der Waals surface area contributed by atoms with E-state index in [2.05, 4.69) is 15.0 Å². The summed E-state index contributed by atoms with van der Waals surface area (Å²) in [6, 6.07) is 0. The number of aromatic nitrogens is 3. The predicted octanol–water partition coefficient (Wildman–Crippen LogP) is 2.36. The highest BCUT2D eigenvalue weighted by atomic mass is 35.5. The van der Waals surface area contributed by atoms with Crippen molar-refractivity contribution in [2.75, 3.05) is 0 Å². The second-order valence-electron chi connectivity index (χ2n) is 2.60. The van der Waals surface area contributed by atoms with Gasteiger partial charge >= 0.3 is 0 Å². The third-order valence-electron chi connectivity index (χ3n) is 1.63. The van der Waals surface area contributed by atoms with Gasteiger partial charge in [0.15, 0.2) is 6.39 Å². The SMILES string of the molecule is Clc1ncc(Cc2cnco2)c(Cl)n1. The third kappa shape index (κ3) is 2.02. The highest BCUT2D eigenvalue weighted by Gasteiger charge is 2.06. The van der Waals surface area contributed by atoms with Gasteiger partial charge in [-0.2, -0.15) is 0 Å². The van der Waals surface area contributed by atoms with Crippen molar-refractivity contribution in [3.8, 4) is 0 Å². The normalized spacial score (nSPS) is 10.4. The summed E-state index contributed by atoms with van der Waals surface area (Å²) in [5.41, 5.74) is 0.757. The van der Waals surface area contributed by atoms with Crippen LogP contribution in [0, 0.1) is 0 Å². The van der Waals surface area contributed by atoms with E-state index in [1.165, 1.54) is 6.39 Å². The van der Waals surface area contributed by atoms with Gasteiger partial charge in [-0.1, -0.05) is 11.6 Å². The first kappa shape index (κ1) is 9.43. The molecule has 0 aliphatic heterocycles. The number of oxazole rings is 1. The van der Waals surface area contributed by atoms with Crippen molar-refractivity contribution in [2.24, 2.45) is 0 Å². The number of halogens is 2. The van der Waals surface area contributed by atoms with Gasteiger partial charge in [-0.15, -0.1) is 0 Å². The monoisotopic (exact) mass is 229 g/mol. The largest absolute Gasteiger partial charge is 0.448 e. The molecule has 0 atom stereocenters. The van der Waals surface area contributed by atoms with Crippen LogP contribution in [0.1, 0.15) is 11.3 Å². The summed E-state index contributed by atoms with van der Waals surface area (Å²) in [6.45, 7) is 0. The molecule has 2 heterocycles. The lowest BCUT2D eigenvalue weighted by Crippen LogP contribution is -1.92. The van der Waals surface area contributed by atoms with Gasteiger partial charge in [0, 0.05) is 18.2 Å². The molecule has 14 heavy (non-hydrogen) atoms. The van der Waals surface area contributed by atoms with Crippen LogP contribution in [-0.4, -0.2) is 15.0 Å². The molecule has 4 nitrogen and oxygen atoms in total. The maximum absolute atomic E-state index is 5.85. The van der Waals surface area contributed by atoms with Gasteiger partial charge in [0.25, 0.3) is 0 Å². The van der Waals surface area contributed by atoms with Gasteiger partial charge in [-0.05, 0) is 11.6 Å². The van der Waals surface area contributed by atoms with Crippen LogP contribution < -0.4 is 0 Å². The van der Waals surface area contributed by atoms with Crippen LogP contribution in [0.4, 0.5) is 0 Å². The van der Waals surface area contributed by atoms with E-state index in [-0.39, 0.29) is 5.28 Å². The van der Waals surface area contributed by atoms with E-state index in [0.717, 1.165) is 5.56 Å². The standard InChI is InChI=1S/C8H5Cl2N3O/c9-7-5(2-12-8(10)13-7)1-6-3-11-4-14-6/h2-4H,1H2. The molecule has 0 unspecified atom stereocenters. The highest BCUT2D eigenvalue weighted by molar-refractivity contribution is 6.32. The third-order valence-corrected chi connectivity index (χ3v) is 2.14. The number of hydrogen-bond donors (Lipinski definition) is 0. The zero-order valence-electron chi connectivity index (χ0n) is 6.94. The molecule has 0 spiro atoms. The fourth-order valence-electron chi connectivity index (χ4n) is 1.00. The molecule has 0 N–H and O–H groups in total. The summed E-state index contributed by atoms with van der Waals surface area (Å²) in [5.74, 6) is 0.706. The second-order valence-corrected chi connectivity index (χ2v) is 3.30. The van der Waals surface area contributed by atoms with Crippen molar-refractivity contribution in [3.63, 3.8) is 0 Å². The van der Waals surface area contributed by atoms with Gasteiger partial charge in [0.2, 0.25) is 5.28 Å². The maximum Gasteiger partial charge on any atom is 0.223 e. The van der Waals surface area contributed by atoms with E-state index >= 15 is 0 Å². The van der Waals surface area contributed by atoms with Crippen LogP contribution in [0.3, 0.4) is 0 Å². The Kier molecular flexibility index (Phi) is 2.65. The van der Waals surface area contributed by atoms with Crippen LogP contribution >= 0.6 is 23.2 Å². The predicted molar refractivity (Wildman–Crippen MR) is 51.4 cm³/mol. The Morgan fingerprint density at radius 1 is 1.29 bits per heavy atom. The molecule has 0 aromatic carbocycles. The van der Waals surface area contributed by atoms with Crippen LogP contribution in [-0.2, 0) is 6.42 Å². The molecule has 0 saturated carbocycles. The minimum atomic E-state index is 0.135. The topological polar surface area (TPSA) is 51.8 Å². The molecule has 72 valence electrons. The molecule has 0 aliphatic carbocycles. The quantitative estimate of drug-likeness (QED) is 0.586. The Morgan fingerprint density at radius 2 is 2.14 bits per heavy atom. The average Bonchev–Trinajstić information content (AvgIpc) is 2.62. The Bertz CT molecular complexity index is 430. The van der Waals surface area contributed by atoms with Gasteiger partial charge in [0.1, 0.15) is 10.9 Å². The van der Waals surface area contributed by atoms with E-state index in [4.69, 9.17) is 27.6 Å². The molecule has 0 radical (unpaired) electrons. The molecular formula is C8H5Cl2N3O. The summed E-state index contributed by atoms with van der Waals surface area (Å²) in [5, 5.41) is 0.470. The zero-order valence-corrected chi connectivity index (χ0v) is 8.46. The van der Waals surface area contributed by atoms with E-state index in [9.17, 15) is 0 Å². The molecule has 2 rings (SSSR count). The zero-order chi connectivity index (χ0) is 9.97. The minimum Gasteiger partial charge on any atom is -0.448 e. The van der Waals surface area contributed by atoms with E-state index in [1.54, 1.807) is 12.4 Å². The molecule has 0 saturated heterocycles. The van der Waals surface area contributed by atoms with Gasteiger partial charge in [-0.3, -0.25) is 0 Å². The fraction of sp³-hybridized carbons (Fsp3) is 0.125. The van der Waals surface area contributed by atoms with Crippen molar-refractivity contribution in [3.05, 3.63) is 40.5 Å². The highest BCUT2D eigenvalue weighted by Crippen LogP contribution is 2.17. The van der Waals surface area contributed by atoms with E-state index in [1.807, 2.05) is 0 Å². The summed E-state index contributed by atoms with van der Waals surface area (Å²) in [6.07, 6.45) is 5.06. The first-order chi connectivity index (χ1) is 6.75. The lowest BCUT2D eigenvalue weighted by atomic mass is 10.2. The molecule has 2 aromatic heterocycles. The molecule has 0 bridgehead atoms. The van der Waals surface area contributed by atoms with Crippen LogP contribution in [0.25, 0.3) is 0 Å². The minimum absolute atomic E-state index is 0.135. The summed E-state index contributed by atoms with van der Waals surface area (Å²) in [4.78, 5) is 11.4. The smallest absolute Gasteiger partial charge is 0.223 e. The van der Waals surface area contributed by atoms with Gasteiger partial charge in [0.05, 0.1) is 6.20 Å². The second kappa shape index (κ2) is 3.94. The fourth-order valence-corrected chi connectivity index (χ4v) is 1.37. The van der Waals surface area contributed by atoms with E-state index in [0.29, 0.717) is 17.3 Å². The molecule has 0 amide bonds. The van der Waals surface area contributed by atoms with Crippen molar-refractivity contribution < 1.29 is 4.42 Å². The molecule has 6 heteroatoms. The van der Waals surface area contributed by atoms with Crippen LogP contribution in [0.15, 0.2) is 23.2 Å². The summed E-state index contributed by atoms with van der Waals surface area (Å²) in [7, 11) is 0. The molecular weight excluding hydrogens is 225 g/mol. The first-order valence-corrected chi connectivity index (χ1v) is 4.55. The Hall–Kier alpha value is -1.13. The van der Waals surface area contributed by atoms with Gasteiger partial charge in [-0.25, -0.2) is 15.0 Å².